The standard InChI is InChI=1S/C15H19NO5/c1-5-10-9(7-17)6-11(13-12(10)19-8-20-13)16-14(18)21-15(2,3)4/h6-7H,5,8H2,1-4H3,(H,16,18). The number of aldehydes is 1. The van der Waals surface area contributed by atoms with E-state index in [0.717, 1.165) is 11.8 Å². The number of benzene rings is 1. The van der Waals surface area contributed by atoms with Crippen molar-refractivity contribution in [1.29, 1.82) is 0 Å². The van der Waals surface area contributed by atoms with Crippen LogP contribution in [0.1, 0.15) is 43.6 Å². The van der Waals surface area contributed by atoms with Crippen molar-refractivity contribution in [3.63, 3.8) is 0 Å². The molecule has 0 saturated heterocycles. The third kappa shape index (κ3) is 3.26. The molecule has 0 aromatic heterocycles. The van der Waals surface area contributed by atoms with Gasteiger partial charge in [0.05, 0.1) is 5.69 Å². The summed E-state index contributed by atoms with van der Waals surface area (Å²) >= 11 is 0. The molecule has 0 saturated carbocycles. The molecular formula is C15H19NO5. The van der Waals surface area contributed by atoms with Gasteiger partial charge in [0, 0.05) is 11.1 Å². The molecule has 0 radical (unpaired) electrons. The van der Waals surface area contributed by atoms with Gasteiger partial charge in [-0.25, -0.2) is 4.79 Å². The second-order valence-electron chi connectivity index (χ2n) is 5.65. The Morgan fingerprint density at radius 1 is 1.38 bits per heavy atom. The van der Waals surface area contributed by atoms with Crippen LogP contribution < -0.4 is 14.8 Å². The van der Waals surface area contributed by atoms with Crippen molar-refractivity contribution in [2.24, 2.45) is 0 Å². The lowest BCUT2D eigenvalue weighted by molar-refractivity contribution is 0.0635. The fraction of sp³-hybridized carbons (Fsp3) is 0.467. The van der Waals surface area contributed by atoms with Crippen LogP contribution in [0, 0.1) is 0 Å². The lowest BCUT2D eigenvalue weighted by Gasteiger charge is -2.20. The zero-order chi connectivity index (χ0) is 15.6. The molecule has 1 N–H and O–H groups in total. The van der Waals surface area contributed by atoms with Crippen LogP contribution in [0.4, 0.5) is 10.5 Å². The molecule has 0 spiro atoms. The van der Waals surface area contributed by atoms with E-state index >= 15 is 0 Å². The maximum atomic E-state index is 11.9. The summed E-state index contributed by atoms with van der Waals surface area (Å²) in [6, 6.07) is 1.57. The van der Waals surface area contributed by atoms with E-state index in [2.05, 4.69) is 5.32 Å². The molecule has 2 rings (SSSR count). The molecule has 0 unspecified atom stereocenters. The average Bonchev–Trinajstić information content (AvgIpc) is 2.85. The van der Waals surface area contributed by atoms with Gasteiger partial charge in [-0.1, -0.05) is 6.92 Å². The number of rotatable bonds is 3. The maximum absolute atomic E-state index is 11.9. The summed E-state index contributed by atoms with van der Waals surface area (Å²) < 4.78 is 16.0. The molecule has 0 atom stereocenters. The molecule has 1 aliphatic rings. The predicted molar refractivity (Wildman–Crippen MR) is 77.2 cm³/mol. The molecule has 0 bridgehead atoms. The van der Waals surface area contributed by atoms with E-state index in [4.69, 9.17) is 14.2 Å². The van der Waals surface area contributed by atoms with Gasteiger partial charge in [0.15, 0.2) is 17.8 Å². The Kier molecular flexibility index (Phi) is 4.06. The van der Waals surface area contributed by atoms with E-state index in [1.165, 1.54) is 0 Å². The minimum atomic E-state index is -0.610. The van der Waals surface area contributed by atoms with Gasteiger partial charge in [-0.15, -0.1) is 0 Å². The van der Waals surface area contributed by atoms with Crippen LogP contribution in [0.3, 0.4) is 0 Å². The summed E-state index contributed by atoms with van der Waals surface area (Å²) in [5, 5.41) is 2.60. The van der Waals surface area contributed by atoms with E-state index < -0.39 is 11.7 Å². The molecule has 1 aromatic rings. The fourth-order valence-corrected chi connectivity index (χ4v) is 2.12. The zero-order valence-corrected chi connectivity index (χ0v) is 12.6. The molecule has 21 heavy (non-hydrogen) atoms. The third-order valence-corrected chi connectivity index (χ3v) is 2.90. The van der Waals surface area contributed by atoms with E-state index in [1.807, 2.05) is 6.92 Å². The zero-order valence-electron chi connectivity index (χ0n) is 12.6. The van der Waals surface area contributed by atoms with Crippen LogP contribution in [0.25, 0.3) is 0 Å². The minimum Gasteiger partial charge on any atom is -0.453 e. The van der Waals surface area contributed by atoms with Gasteiger partial charge in [-0.2, -0.15) is 0 Å². The first-order valence-corrected chi connectivity index (χ1v) is 6.76. The number of hydrogen-bond donors (Lipinski definition) is 1. The average molecular weight is 293 g/mol. The van der Waals surface area contributed by atoms with Gasteiger partial charge in [0.1, 0.15) is 5.60 Å². The van der Waals surface area contributed by atoms with Gasteiger partial charge < -0.3 is 14.2 Å². The van der Waals surface area contributed by atoms with E-state index in [0.29, 0.717) is 29.2 Å². The first kappa shape index (κ1) is 15.2. The van der Waals surface area contributed by atoms with Crippen molar-refractivity contribution in [3.8, 4) is 11.5 Å². The number of ether oxygens (including phenoxy) is 3. The topological polar surface area (TPSA) is 73.9 Å². The van der Waals surface area contributed by atoms with E-state index in [9.17, 15) is 9.59 Å². The predicted octanol–water partition coefficient (Wildman–Crippen LogP) is 3.14. The van der Waals surface area contributed by atoms with Crippen molar-refractivity contribution in [1.82, 2.24) is 0 Å². The minimum absolute atomic E-state index is 0.0631. The summed E-state index contributed by atoms with van der Waals surface area (Å²) in [6.45, 7) is 7.30. The van der Waals surface area contributed by atoms with Gasteiger partial charge >= 0.3 is 6.09 Å². The molecule has 0 aliphatic carbocycles. The first-order valence-electron chi connectivity index (χ1n) is 6.76. The Morgan fingerprint density at radius 3 is 2.62 bits per heavy atom. The first-order chi connectivity index (χ1) is 9.85. The summed E-state index contributed by atoms with van der Waals surface area (Å²) in [6.07, 6.45) is 0.759. The third-order valence-electron chi connectivity index (χ3n) is 2.90. The molecule has 1 heterocycles. The van der Waals surface area contributed by atoms with Crippen LogP contribution in [0.5, 0.6) is 11.5 Å². The van der Waals surface area contributed by atoms with Gasteiger partial charge in [0.25, 0.3) is 0 Å². The highest BCUT2D eigenvalue weighted by Crippen LogP contribution is 2.44. The number of carbonyl (C=O) groups excluding carboxylic acids is 2. The summed E-state index contributed by atoms with van der Waals surface area (Å²) in [4.78, 5) is 23.1. The Labute approximate surface area is 123 Å². The lowest BCUT2D eigenvalue weighted by Crippen LogP contribution is -2.27. The smallest absolute Gasteiger partial charge is 0.412 e. The number of hydrogen-bond acceptors (Lipinski definition) is 5. The quantitative estimate of drug-likeness (QED) is 0.867. The van der Waals surface area contributed by atoms with Crippen LogP contribution in [0.2, 0.25) is 0 Å². The molecule has 1 aromatic carbocycles. The highest BCUT2D eigenvalue weighted by molar-refractivity contribution is 5.92. The van der Waals surface area contributed by atoms with Gasteiger partial charge in [-0.05, 0) is 33.3 Å². The second-order valence-corrected chi connectivity index (χ2v) is 5.65. The Balaban J connectivity index is 2.35. The summed E-state index contributed by atoms with van der Waals surface area (Å²) in [5.41, 5.74) is 0.998. The van der Waals surface area contributed by atoms with Crippen LogP contribution in [0.15, 0.2) is 6.07 Å². The van der Waals surface area contributed by atoms with Crippen molar-refractivity contribution in [3.05, 3.63) is 17.2 Å². The largest absolute Gasteiger partial charge is 0.453 e. The molecule has 0 fully saturated rings. The molecule has 6 nitrogen and oxygen atoms in total. The number of anilines is 1. The van der Waals surface area contributed by atoms with Crippen molar-refractivity contribution in [2.75, 3.05) is 12.1 Å². The molecule has 1 aliphatic heterocycles. The summed E-state index contributed by atoms with van der Waals surface area (Å²) in [5.74, 6) is 0.941. The number of carbonyl (C=O) groups is 2. The van der Waals surface area contributed by atoms with Crippen molar-refractivity contribution < 1.29 is 23.8 Å². The van der Waals surface area contributed by atoms with Crippen molar-refractivity contribution >= 4 is 18.1 Å². The van der Waals surface area contributed by atoms with Crippen LogP contribution in [-0.2, 0) is 11.2 Å². The number of amides is 1. The number of fused-ring (bicyclic) bond motifs is 1. The highest BCUT2D eigenvalue weighted by Gasteiger charge is 2.26. The van der Waals surface area contributed by atoms with Crippen LogP contribution >= 0.6 is 0 Å². The Morgan fingerprint density at radius 2 is 2.05 bits per heavy atom. The Hall–Kier alpha value is -2.24. The summed E-state index contributed by atoms with van der Waals surface area (Å²) in [7, 11) is 0. The highest BCUT2D eigenvalue weighted by atomic mass is 16.7. The molecule has 6 heteroatoms. The van der Waals surface area contributed by atoms with Crippen LogP contribution in [-0.4, -0.2) is 24.8 Å². The molecule has 1 amide bonds. The monoisotopic (exact) mass is 293 g/mol. The lowest BCUT2D eigenvalue weighted by atomic mass is 10.0. The molecular weight excluding hydrogens is 274 g/mol. The van der Waals surface area contributed by atoms with Gasteiger partial charge in [0.2, 0.25) is 6.79 Å². The molecule has 114 valence electrons. The van der Waals surface area contributed by atoms with E-state index in [1.54, 1.807) is 26.8 Å². The second kappa shape index (κ2) is 5.63. The van der Waals surface area contributed by atoms with E-state index in [-0.39, 0.29) is 6.79 Å². The number of nitrogens with one attached hydrogen (secondary N) is 1. The van der Waals surface area contributed by atoms with Gasteiger partial charge in [-0.3, -0.25) is 10.1 Å². The normalized spacial score (nSPS) is 13.0. The SMILES string of the molecule is CCc1c(C=O)cc(NC(=O)OC(C)(C)C)c2c1OCO2. The Bertz CT molecular complexity index is 574. The van der Waals surface area contributed by atoms with Crippen molar-refractivity contribution in [2.45, 2.75) is 39.7 Å². The fourth-order valence-electron chi connectivity index (χ4n) is 2.12. The maximum Gasteiger partial charge on any atom is 0.412 e.